The van der Waals surface area contributed by atoms with Crippen molar-refractivity contribution in [2.24, 2.45) is 5.92 Å². The fourth-order valence-electron chi connectivity index (χ4n) is 0.981. The monoisotopic (exact) mass is 174 g/mol. The van der Waals surface area contributed by atoms with Crippen LogP contribution in [0.15, 0.2) is 0 Å². The predicted octanol–water partition coefficient (Wildman–Crippen LogP) is 1.51. The second-order valence-electron chi connectivity index (χ2n) is 2.98. The van der Waals surface area contributed by atoms with Gasteiger partial charge in [-0.1, -0.05) is 20.8 Å². The molecule has 0 spiro atoms. The van der Waals surface area contributed by atoms with Crippen molar-refractivity contribution in [2.45, 2.75) is 33.2 Å². The Kier molecular flexibility index (Phi) is 5.20. The van der Waals surface area contributed by atoms with Crippen molar-refractivity contribution in [1.82, 2.24) is 10.6 Å². The van der Waals surface area contributed by atoms with Crippen molar-refractivity contribution >= 4 is 17.3 Å². The second-order valence-corrected chi connectivity index (χ2v) is 3.39. The molecule has 0 saturated carbocycles. The molecule has 0 aliphatic rings. The van der Waals surface area contributed by atoms with E-state index in [-0.39, 0.29) is 0 Å². The first-order chi connectivity index (χ1) is 5.11. The van der Waals surface area contributed by atoms with Gasteiger partial charge in [0.1, 0.15) is 0 Å². The standard InChI is InChI=1S/C8H18N2S/c1-5-7(6(2)3)10-8(11)9-4/h6-7H,5H2,1-4H3,(H2,9,10,11). The fraction of sp³-hybridized carbons (Fsp3) is 0.875. The van der Waals surface area contributed by atoms with Gasteiger partial charge in [-0.15, -0.1) is 0 Å². The first-order valence-electron chi connectivity index (χ1n) is 4.10. The van der Waals surface area contributed by atoms with Crippen LogP contribution in [-0.2, 0) is 0 Å². The van der Waals surface area contributed by atoms with E-state index >= 15 is 0 Å². The summed E-state index contributed by atoms with van der Waals surface area (Å²) in [6.45, 7) is 6.55. The maximum atomic E-state index is 4.99. The van der Waals surface area contributed by atoms with E-state index in [4.69, 9.17) is 12.2 Å². The van der Waals surface area contributed by atoms with E-state index in [2.05, 4.69) is 31.4 Å². The lowest BCUT2D eigenvalue weighted by Crippen LogP contribution is -2.42. The molecule has 0 aliphatic heterocycles. The summed E-state index contributed by atoms with van der Waals surface area (Å²) in [5.41, 5.74) is 0. The minimum atomic E-state index is 0.495. The van der Waals surface area contributed by atoms with Crippen LogP contribution in [0.4, 0.5) is 0 Å². The van der Waals surface area contributed by atoms with Crippen LogP contribution in [0.3, 0.4) is 0 Å². The molecule has 0 radical (unpaired) electrons. The molecule has 2 nitrogen and oxygen atoms in total. The molecule has 66 valence electrons. The summed E-state index contributed by atoms with van der Waals surface area (Å²) in [4.78, 5) is 0. The van der Waals surface area contributed by atoms with Crippen molar-refractivity contribution in [2.75, 3.05) is 7.05 Å². The minimum Gasteiger partial charge on any atom is -0.366 e. The Bertz CT molecular complexity index is 123. The number of thiocarbonyl (C=S) groups is 1. The van der Waals surface area contributed by atoms with Gasteiger partial charge in [0, 0.05) is 13.1 Å². The van der Waals surface area contributed by atoms with E-state index in [1.807, 2.05) is 7.05 Å². The van der Waals surface area contributed by atoms with Gasteiger partial charge in [0.05, 0.1) is 0 Å². The van der Waals surface area contributed by atoms with Crippen LogP contribution in [0.1, 0.15) is 27.2 Å². The molecule has 0 fully saturated rings. The molecule has 11 heavy (non-hydrogen) atoms. The molecule has 1 unspecified atom stereocenters. The number of hydrogen-bond acceptors (Lipinski definition) is 1. The van der Waals surface area contributed by atoms with Crippen molar-refractivity contribution < 1.29 is 0 Å². The molecule has 0 rings (SSSR count). The van der Waals surface area contributed by atoms with E-state index in [1.54, 1.807) is 0 Å². The maximum Gasteiger partial charge on any atom is 0.166 e. The minimum absolute atomic E-state index is 0.495. The molecule has 0 aromatic rings. The third kappa shape index (κ3) is 4.19. The van der Waals surface area contributed by atoms with Crippen molar-refractivity contribution in [3.63, 3.8) is 0 Å². The van der Waals surface area contributed by atoms with Crippen molar-refractivity contribution in [3.05, 3.63) is 0 Å². The molecule has 0 aromatic carbocycles. The van der Waals surface area contributed by atoms with E-state index in [9.17, 15) is 0 Å². The van der Waals surface area contributed by atoms with E-state index in [0.717, 1.165) is 11.5 Å². The van der Waals surface area contributed by atoms with Crippen LogP contribution < -0.4 is 10.6 Å². The van der Waals surface area contributed by atoms with Gasteiger partial charge in [-0.25, -0.2) is 0 Å². The quantitative estimate of drug-likeness (QED) is 0.634. The summed E-state index contributed by atoms with van der Waals surface area (Å²) in [6.07, 6.45) is 1.11. The van der Waals surface area contributed by atoms with Crippen LogP contribution in [-0.4, -0.2) is 18.2 Å². The average Bonchev–Trinajstić information content (AvgIpc) is 1.99. The molecule has 0 aliphatic carbocycles. The SMILES string of the molecule is CCC(NC(=S)NC)C(C)C. The topological polar surface area (TPSA) is 24.1 Å². The third-order valence-electron chi connectivity index (χ3n) is 1.79. The Morgan fingerprint density at radius 3 is 2.27 bits per heavy atom. The van der Waals surface area contributed by atoms with Crippen LogP contribution in [0.2, 0.25) is 0 Å². The fourth-order valence-corrected chi connectivity index (χ4v) is 1.13. The van der Waals surface area contributed by atoms with Gasteiger partial charge in [0.25, 0.3) is 0 Å². The Morgan fingerprint density at radius 2 is 2.00 bits per heavy atom. The summed E-state index contributed by atoms with van der Waals surface area (Å²) < 4.78 is 0. The Hall–Kier alpha value is -0.310. The highest BCUT2D eigenvalue weighted by Crippen LogP contribution is 2.04. The van der Waals surface area contributed by atoms with Crippen molar-refractivity contribution in [1.29, 1.82) is 0 Å². The highest BCUT2D eigenvalue weighted by molar-refractivity contribution is 7.80. The predicted molar refractivity (Wildman–Crippen MR) is 53.7 cm³/mol. The molecule has 0 amide bonds. The number of rotatable bonds is 3. The van der Waals surface area contributed by atoms with Gasteiger partial charge >= 0.3 is 0 Å². The van der Waals surface area contributed by atoms with Crippen LogP contribution in [0.5, 0.6) is 0 Å². The lowest BCUT2D eigenvalue weighted by molar-refractivity contribution is 0.440. The third-order valence-corrected chi connectivity index (χ3v) is 2.11. The summed E-state index contributed by atoms with van der Waals surface area (Å²) in [5.74, 6) is 0.631. The maximum absolute atomic E-state index is 4.99. The van der Waals surface area contributed by atoms with Gasteiger partial charge in [0.15, 0.2) is 5.11 Å². The average molecular weight is 174 g/mol. The Morgan fingerprint density at radius 1 is 1.45 bits per heavy atom. The van der Waals surface area contributed by atoms with E-state index in [0.29, 0.717) is 12.0 Å². The smallest absolute Gasteiger partial charge is 0.166 e. The first-order valence-corrected chi connectivity index (χ1v) is 4.50. The lowest BCUT2D eigenvalue weighted by Gasteiger charge is -2.21. The highest BCUT2D eigenvalue weighted by atomic mass is 32.1. The second kappa shape index (κ2) is 5.35. The Labute approximate surface area is 74.8 Å². The summed E-state index contributed by atoms with van der Waals surface area (Å²) in [5, 5.41) is 6.88. The first kappa shape index (κ1) is 10.7. The van der Waals surface area contributed by atoms with E-state index < -0.39 is 0 Å². The van der Waals surface area contributed by atoms with Gasteiger partial charge in [0.2, 0.25) is 0 Å². The van der Waals surface area contributed by atoms with Gasteiger partial charge in [-0.05, 0) is 24.6 Å². The summed E-state index contributed by atoms with van der Waals surface area (Å²) >= 11 is 4.99. The van der Waals surface area contributed by atoms with Gasteiger partial charge in [-0.2, -0.15) is 0 Å². The molecule has 0 aromatic heterocycles. The molecule has 0 bridgehead atoms. The zero-order valence-corrected chi connectivity index (χ0v) is 8.59. The lowest BCUT2D eigenvalue weighted by atomic mass is 10.0. The number of hydrogen-bond donors (Lipinski definition) is 2. The largest absolute Gasteiger partial charge is 0.366 e. The zero-order chi connectivity index (χ0) is 8.85. The molecule has 2 N–H and O–H groups in total. The normalized spacial score (nSPS) is 12.8. The molecule has 1 atom stereocenters. The van der Waals surface area contributed by atoms with Gasteiger partial charge < -0.3 is 10.6 Å². The van der Waals surface area contributed by atoms with Gasteiger partial charge in [-0.3, -0.25) is 0 Å². The highest BCUT2D eigenvalue weighted by Gasteiger charge is 2.10. The summed E-state index contributed by atoms with van der Waals surface area (Å²) in [7, 11) is 1.84. The molecule has 0 saturated heterocycles. The van der Waals surface area contributed by atoms with Crippen LogP contribution in [0.25, 0.3) is 0 Å². The molecular formula is C8H18N2S. The molecular weight excluding hydrogens is 156 g/mol. The summed E-state index contributed by atoms with van der Waals surface area (Å²) in [6, 6.07) is 0.495. The van der Waals surface area contributed by atoms with E-state index in [1.165, 1.54) is 0 Å². The molecule has 0 heterocycles. The van der Waals surface area contributed by atoms with Crippen LogP contribution in [0, 0.1) is 5.92 Å². The molecule has 3 heteroatoms. The Balaban J connectivity index is 3.78. The van der Waals surface area contributed by atoms with Crippen LogP contribution >= 0.6 is 12.2 Å². The number of nitrogens with one attached hydrogen (secondary N) is 2. The zero-order valence-electron chi connectivity index (χ0n) is 7.77. The van der Waals surface area contributed by atoms with Crippen molar-refractivity contribution in [3.8, 4) is 0 Å².